The van der Waals surface area contributed by atoms with Crippen LogP contribution in [0.1, 0.15) is 39.9 Å². The molecule has 1 fully saturated rings. The van der Waals surface area contributed by atoms with Gasteiger partial charge in [-0.2, -0.15) is 0 Å². The van der Waals surface area contributed by atoms with Gasteiger partial charge in [-0.1, -0.05) is 42.5 Å². The molecule has 1 aliphatic heterocycles. The van der Waals surface area contributed by atoms with Crippen LogP contribution in [0.15, 0.2) is 78.2 Å². The van der Waals surface area contributed by atoms with E-state index in [-0.39, 0.29) is 12.0 Å². The number of carbonyl (C=O) groups is 1. The molecule has 1 N–H and O–H groups in total. The summed E-state index contributed by atoms with van der Waals surface area (Å²) in [6.07, 6.45) is 3.16. The second-order valence-corrected chi connectivity index (χ2v) is 10.4. The van der Waals surface area contributed by atoms with Gasteiger partial charge in [-0.15, -0.1) is 0 Å². The Morgan fingerprint density at radius 1 is 0.971 bits per heavy atom. The highest BCUT2D eigenvalue weighted by molar-refractivity contribution is 7.95. The van der Waals surface area contributed by atoms with E-state index in [1.165, 1.54) is 6.08 Å². The normalized spacial score (nSPS) is 14.7. The Morgan fingerprint density at radius 3 is 2.34 bits per heavy atom. The van der Waals surface area contributed by atoms with Crippen molar-refractivity contribution in [3.05, 3.63) is 100 Å². The van der Waals surface area contributed by atoms with E-state index >= 15 is 0 Å². The molecule has 1 heterocycles. The molecule has 0 saturated carbocycles. The van der Waals surface area contributed by atoms with Gasteiger partial charge in [-0.25, -0.2) is 8.42 Å². The molecule has 0 atom stereocenters. The summed E-state index contributed by atoms with van der Waals surface area (Å²) in [7, 11) is -3.66. The monoisotopic (exact) mass is 490 g/mol. The van der Waals surface area contributed by atoms with Gasteiger partial charge in [0.05, 0.1) is 5.41 Å². The van der Waals surface area contributed by atoms with E-state index in [1.54, 1.807) is 24.3 Å². The lowest BCUT2D eigenvalue weighted by Crippen LogP contribution is -2.41. The van der Waals surface area contributed by atoms with Crippen molar-refractivity contribution in [2.75, 3.05) is 17.8 Å². The van der Waals surface area contributed by atoms with Gasteiger partial charge >= 0.3 is 0 Å². The minimum atomic E-state index is -3.66. The maximum absolute atomic E-state index is 13.0. The smallest absolute Gasteiger partial charge is 0.255 e. The van der Waals surface area contributed by atoms with Gasteiger partial charge in [0.15, 0.2) is 0 Å². The summed E-state index contributed by atoms with van der Waals surface area (Å²) in [5.41, 5.74) is 4.00. The highest BCUT2D eigenvalue weighted by Gasteiger charge is 2.25. The summed E-state index contributed by atoms with van der Waals surface area (Å²) in [5.74, 6) is 0.847. The molecule has 0 radical (unpaired) electrons. The predicted octanol–water partition coefficient (Wildman–Crippen LogP) is 5.40. The lowest BCUT2D eigenvalue weighted by atomic mass is 10.1. The summed E-state index contributed by atoms with van der Waals surface area (Å²) in [6, 6.07) is 21.9. The van der Waals surface area contributed by atoms with Crippen LogP contribution in [0.5, 0.6) is 5.75 Å². The number of piperidine rings is 1. The quantitative estimate of drug-likeness (QED) is 0.481. The van der Waals surface area contributed by atoms with Crippen LogP contribution in [0, 0.1) is 13.8 Å². The number of anilines is 1. The third-order valence-corrected chi connectivity index (χ3v) is 7.01. The zero-order chi connectivity index (χ0) is 24.8. The first-order valence-electron chi connectivity index (χ1n) is 11.7. The summed E-state index contributed by atoms with van der Waals surface area (Å²) in [4.78, 5) is 14.8. The number of sulfonamides is 1. The molecule has 0 bridgehead atoms. The minimum absolute atomic E-state index is 0.0615. The number of rotatable bonds is 7. The topological polar surface area (TPSA) is 75.7 Å². The van der Waals surface area contributed by atoms with E-state index in [2.05, 4.69) is 22.9 Å². The lowest BCUT2D eigenvalue weighted by Gasteiger charge is -2.32. The molecule has 1 saturated heterocycles. The van der Waals surface area contributed by atoms with E-state index in [9.17, 15) is 13.2 Å². The number of amides is 1. The average molecular weight is 491 g/mol. The van der Waals surface area contributed by atoms with Gasteiger partial charge in [0.2, 0.25) is 0 Å². The van der Waals surface area contributed by atoms with E-state index in [0.29, 0.717) is 24.3 Å². The molecule has 0 unspecified atom stereocenters. The number of aryl methyl sites for hydroxylation is 2. The molecule has 3 aromatic carbocycles. The van der Waals surface area contributed by atoms with E-state index in [0.717, 1.165) is 40.7 Å². The Bertz CT molecular complexity index is 1290. The molecule has 4 rings (SSSR count). The Hall–Kier alpha value is -3.58. The molecule has 1 aliphatic rings. The van der Waals surface area contributed by atoms with Gasteiger partial charge < -0.3 is 9.64 Å². The third-order valence-electron chi connectivity index (χ3n) is 6.00. The molecular weight excluding hydrogens is 460 g/mol. The number of carbonyl (C=O) groups excluding carboxylic acids is 1. The first-order valence-corrected chi connectivity index (χ1v) is 13.2. The SMILES string of the molecule is Cc1ccc(C)c(OC2CCN(C(=O)c3ccc(NS(=O)(=O)/C=C/c4ccccc4)cc3)CC2)c1. The maximum Gasteiger partial charge on any atom is 0.255 e. The zero-order valence-electron chi connectivity index (χ0n) is 20.0. The fourth-order valence-corrected chi connectivity index (χ4v) is 4.85. The van der Waals surface area contributed by atoms with E-state index in [4.69, 9.17) is 4.74 Å². The molecule has 0 aromatic heterocycles. The highest BCUT2D eigenvalue weighted by atomic mass is 32.2. The van der Waals surface area contributed by atoms with Crippen LogP contribution in [-0.4, -0.2) is 38.4 Å². The van der Waals surface area contributed by atoms with Gasteiger partial charge in [0.25, 0.3) is 15.9 Å². The van der Waals surface area contributed by atoms with Gasteiger partial charge in [0, 0.05) is 37.2 Å². The average Bonchev–Trinajstić information content (AvgIpc) is 2.86. The Labute approximate surface area is 207 Å². The molecule has 3 aromatic rings. The fraction of sp³-hybridized carbons (Fsp3) is 0.250. The second kappa shape index (κ2) is 10.8. The molecule has 6 nitrogen and oxygen atoms in total. The summed E-state index contributed by atoms with van der Waals surface area (Å²) in [6.45, 7) is 5.32. The summed E-state index contributed by atoms with van der Waals surface area (Å²) < 4.78 is 33.4. The van der Waals surface area contributed by atoms with Crippen molar-refractivity contribution in [2.45, 2.75) is 32.8 Å². The van der Waals surface area contributed by atoms with Crippen molar-refractivity contribution >= 4 is 27.7 Å². The van der Waals surface area contributed by atoms with Crippen LogP contribution in [0.2, 0.25) is 0 Å². The molecule has 7 heteroatoms. The zero-order valence-corrected chi connectivity index (χ0v) is 20.8. The van der Waals surface area contributed by atoms with Crippen molar-refractivity contribution < 1.29 is 17.9 Å². The Kier molecular flexibility index (Phi) is 7.56. The van der Waals surface area contributed by atoms with Crippen LogP contribution in [0.3, 0.4) is 0 Å². The van der Waals surface area contributed by atoms with Gasteiger partial charge in [-0.05, 0) is 66.9 Å². The number of hydrogen-bond acceptors (Lipinski definition) is 4. The first kappa shape index (κ1) is 24.5. The largest absolute Gasteiger partial charge is 0.490 e. The summed E-state index contributed by atoms with van der Waals surface area (Å²) >= 11 is 0. The number of likely N-dealkylation sites (tertiary alicyclic amines) is 1. The number of hydrogen-bond donors (Lipinski definition) is 1. The number of nitrogens with one attached hydrogen (secondary N) is 1. The van der Waals surface area contributed by atoms with E-state index < -0.39 is 10.0 Å². The van der Waals surface area contributed by atoms with Gasteiger partial charge in [-0.3, -0.25) is 9.52 Å². The number of benzene rings is 3. The lowest BCUT2D eigenvalue weighted by molar-refractivity contribution is 0.0594. The van der Waals surface area contributed by atoms with Crippen LogP contribution in [0.25, 0.3) is 6.08 Å². The minimum Gasteiger partial charge on any atom is -0.490 e. The van der Waals surface area contributed by atoms with Crippen molar-refractivity contribution in [1.29, 1.82) is 0 Å². The second-order valence-electron chi connectivity index (χ2n) is 8.82. The molecular formula is C28H30N2O4S. The van der Waals surface area contributed by atoms with Gasteiger partial charge in [0.1, 0.15) is 11.9 Å². The Balaban J connectivity index is 1.31. The third kappa shape index (κ3) is 6.73. The van der Waals surface area contributed by atoms with Crippen molar-refractivity contribution in [2.24, 2.45) is 0 Å². The van der Waals surface area contributed by atoms with Crippen LogP contribution in [-0.2, 0) is 10.0 Å². The molecule has 0 spiro atoms. The standard InChI is InChI=1S/C28H30N2O4S/c1-21-8-9-22(2)27(20-21)34-26-14-17-30(18-15-26)28(31)24-10-12-25(13-11-24)29-35(32,33)19-16-23-6-4-3-5-7-23/h3-13,16,19-20,26,29H,14-15,17-18H2,1-2H3/b19-16+. The molecule has 35 heavy (non-hydrogen) atoms. The van der Waals surface area contributed by atoms with Crippen LogP contribution < -0.4 is 9.46 Å². The fourth-order valence-electron chi connectivity index (χ4n) is 3.98. The van der Waals surface area contributed by atoms with Crippen LogP contribution >= 0.6 is 0 Å². The first-order chi connectivity index (χ1) is 16.8. The van der Waals surface area contributed by atoms with Crippen LogP contribution in [0.4, 0.5) is 5.69 Å². The Morgan fingerprint density at radius 2 is 1.66 bits per heavy atom. The number of nitrogens with zero attached hydrogens (tertiary/aromatic N) is 1. The van der Waals surface area contributed by atoms with Crippen molar-refractivity contribution in [3.63, 3.8) is 0 Å². The number of ether oxygens (including phenoxy) is 1. The van der Waals surface area contributed by atoms with E-state index in [1.807, 2.05) is 49.1 Å². The molecule has 182 valence electrons. The van der Waals surface area contributed by atoms with Crippen molar-refractivity contribution in [3.8, 4) is 5.75 Å². The molecule has 0 aliphatic carbocycles. The maximum atomic E-state index is 13.0. The highest BCUT2D eigenvalue weighted by Crippen LogP contribution is 2.25. The summed E-state index contributed by atoms with van der Waals surface area (Å²) in [5, 5.41) is 1.13. The predicted molar refractivity (Wildman–Crippen MR) is 140 cm³/mol. The molecule has 1 amide bonds. The van der Waals surface area contributed by atoms with Crippen molar-refractivity contribution in [1.82, 2.24) is 4.90 Å².